The maximum atomic E-state index is 9.92. The summed E-state index contributed by atoms with van der Waals surface area (Å²) < 4.78 is 1.71. The molecule has 0 saturated heterocycles. The maximum Gasteiger partial charge on any atom is 0.124 e. The van der Waals surface area contributed by atoms with Crippen molar-refractivity contribution >= 4 is 55.7 Å². The number of hydrogen-bond donors (Lipinski definition) is 2. The molecule has 2 N–H and O–H groups in total. The first-order chi connectivity index (χ1) is 12.5. The van der Waals surface area contributed by atoms with Crippen molar-refractivity contribution in [2.75, 3.05) is 0 Å². The zero-order chi connectivity index (χ0) is 18.5. The summed E-state index contributed by atoms with van der Waals surface area (Å²) >= 11 is 6.75. The first kappa shape index (κ1) is 18.4. The first-order valence-electron chi connectivity index (χ1n) is 7.67. The number of benzene rings is 3. The highest BCUT2D eigenvalue weighted by atomic mass is 79.9. The van der Waals surface area contributed by atoms with Crippen LogP contribution in [0.1, 0.15) is 11.1 Å². The predicted molar refractivity (Wildman–Crippen MR) is 113 cm³/mol. The largest absolute Gasteiger partial charge is 0.507 e. The minimum Gasteiger partial charge on any atom is -0.507 e. The summed E-state index contributed by atoms with van der Waals surface area (Å²) in [6, 6.07) is 17.7. The third-order valence-electron chi connectivity index (χ3n) is 3.55. The molecule has 0 amide bonds. The zero-order valence-electron chi connectivity index (χ0n) is 13.5. The Kier molecular flexibility index (Phi) is 5.85. The van der Waals surface area contributed by atoms with Gasteiger partial charge in [0.25, 0.3) is 0 Å². The van der Waals surface area contributed by atoms with E-state index < -0.39 is 0 Å². The van der Waals surface area contributed by atoms with Crippen LogP contribution in [0.15, 0.2) is 79.6 Å². The van der Waals surface area contributed by atoms with Gasteiger partial charge in [-0.2, -0.15) is 0 Å². The van der Waals surface area contributed by atoms with Gasteiger partial charge in [-0.25, -0.2) is 0 Å². The van der Waals surface area contributed by atoms with E-state index in [2.05, 4.69) is 41.8 Å². The Morgan fingerprint density at radius 1 is 0.654 bits per heavy atom. The number of rotatable bonds is 4. The number of para-hydroxylation sites is 2. The highest BCUT2D eigenvalue weighted by Crippen LogP contribution is 2.29. The minimum atomic E-state index is 0.150. The quantitative estimate of drug-likeness (QED) is 0.448. The van der Waals surface area contributed by atoms with Crippen LogP contribution in [0.5, 0.6) is 11.5 Å². The molecule has 0 radical (unpaired) electrons. The smallest absolute Gasteiger partial charge is 0.124 e. The molecular weight excluding hydrogens is 460 g/mol. The summed E-state index contributed by atoms with van der Waals surface area (Å²) in [5.41, 5.74) is 2.50. The van der Waals surface area contributed by atoms with Gasteiger partial charge in [0.2, 0.25) is 0 Å². The molecule has 26 heavy (non-hydrogen) atoms. The van der Waals surface area contributed by atoms with Gasteiger partial charge in [0.15, 0.2) is 0 Å². The number of hydrogen-bond acceptors (Lipinski definition) is 4. The van der Waals surface area contributed by atoms with Crippen molar-refractivity contribution in [3.8, 4) is 11.5 Å². The van der Waals surface area contributed by atoms with E-state index in [0.717, 1.165) is 8.95 Å². The van der Waals surface area contributed by atoms with Crippen LogP contribution in [0.3, 0.4) is 0 Å². The van der Waals surface area contributed by atoms with Gasteiger partial charge in [-0.05, 0) is 48.5 Å². The first-order valence-corrected chi connectivity index (χ1v) is 9.26. The average Bonchev–Trinajstić information content (AvgIpc) is 2.64. The van der Waals surface area contributed by atoms with E-state index in [-0.39, 0.29) is 11.5 Å². The van der Waals surface area contributed by atoms with E-state index in [1.807, 2.05) is 24.3 Å². The second-order valence-electron chi connectivity index (χ2n) is 5.41. The third kappa shape index (κ3) is 4.59. The Balaban J connectivity index is 1.91. The van der Waals surface area contributed by atoms with Gasteiger partial charge < -0.3 is 10.2 Å². The zero-order valence-corrected chi connectivity index (χ0v) is 16.6. The molecule has 3 rings (SSSR count). The Morgan fingerprint density at radius 3 is 1.50 bits per heavy atom. The molecule has 0 fully saturated rings. The number of phenolic OH excluding ortho intramolecular Hbond substituents is 2. The van der Waals surface area contributed by atoms with Crippen LogP contribution in [0.2, 0.25) is 0 Å². The van der Waals surface area contributed by atoms with Gasteiger partial charge in [0, 0.05) is 32.5 Å². The lowest BCUT2D eigenvalue weighted by Crippen LogP contribution is -1.84. The van der Waals surface area contributed by atoms with Gasteiger partial charge in [0.05, 0.1) is 11.4 Å². The van der Waals surface area contributed by atoms with E-state index in [4.69, 9.17) is 0 Å². The Labute approximate surface area is 167 Å². The van der Waals surface area contributed by atoms with Crippen LogP contribution in [0.25, 0.3) is 0 Å². The molecule has 0 aliphatic rings. The van der Waals surface area contributed by atoms with E-state index in [9.17, 15) is 10.2 Å². The second-order valence-corrected chi connectivity index (χ2v) is 7.24. The van der Waals surface area contributed by atoms with Crippen molar-refractivity contribution < 1.29 is 10.2 Å². The van der Waals surface area contributed by atoms with Gasteiger partial charge in [0.1, 0.15) is 11.5 Å². The van der Waals surface area contributed by atoms with Crippen LogP contribution in [-0.2, 0) is 0 Å². The van der Waals surface area contributed by atoms with E-state index in [1.54, 1.807) is 48.8 Å². The number of halogens is 2. The number of phenols is 2. The summed E-state index contributed by atoms with van der Waals surface area (Å²) in [5.74, 6) is 0.300. The molecule has 0 aliphatic heterocycles. The van der Waals surface area contributed by atoms with Crippen molar-refractivity contribution in [2.45, 2.75) is 0 Å². The third-order valence-corrected chi connectivity index (χ3v) is 4.53. The van der Waals surface area contributed by atoms with E-state index >= 15 is 0 Å². The minimum absolute atomic E-state index is 0.150. The molecular formula is C20H14Br2N2O2. The van der Waals surface area contributed by atoms with Crippen molar-refractivity contribution in [2.24, 2.45) is 9.98 Å². The predicted octanol–water partition coefficient (Wildman–Crippen LogP) is 6.12. The van der Waals surface area contributed by atoms with Crippen LogP contribution in [0.4, 0.5) is 11.4 Å². The normalized spacial score (nSPS) is 11.5. The lowest BCUT2D eigenvalue weighted by atomic mass is 10.2. The summed E-state index contributed by atoms with van der Waals surface area (Å²) in [6.07, 6.45) is 3.18. The molecule has 0 heterocycles. The lowest BCUT2D eigenvalue weighted by molar-refractivity contribution is 0.474. The standard InChI is InChI=1S/C20H14Br2N2O2/c21-15-5-7-19(25)13(9-15)11-23-17-3-1-2-4-18(17)24-12-14-10-16(22)6-8-20(14)26/h1-12,25-26H. The molecule has 3 aromatic rings. The molecule has 130 valence electrons. The molecule has 0 atom stereocenters. The average molecular weight is 474 g/mol. The number of nitrogens with zero attached hydrogens (tertiary/aromatic N) is 2. The summed E-state index contributed by atoms with van der Waals surface area (Å²) in [6.45, 7) is 0. The van der Waals surface area contributed by atoms with Gasteiger partial charge in [-0.1, -0.05) is 44.0 Å². The summed E-state index contributed by atoms with van der Waals surface area (Å²) in [5, 5.41) is 19.8. The van der Waals surface area contributed by atoms with Crippen LogP contribution in [0, 0.1) is 0 Å². The van der Waals surface area contributed by atoms with E-state index in [0.29, 0.717) is 22.5 Å². The molecule has 0 aliphatic carbocycles. The molecule has 3 aromatic carbocycles. The monoisotopic (exact) mass is 472 g/mol. The van der Waals surface area contributed by atoms with Crippen molar-refractivity contribution in [3.05, 3.63) is 80.7 Å². The van der Waals surface area contributed by atoms with Crippen molar-refractivity contribution in [3.63, 3.8) is 0 Å². The van der Waals surface area contributed by atoms with Crippen molar-refractivity contribution in [1.29, 1.82) is 0 Å². The Morgan fingerprint density at radius 2 is 1.08 bits per heavy atom. The van der Waals surface area contributed by atoms with Crippen LogP contribution >= 0.6 is 31.9 Å². The highest BCUT2D eigenvalue weighted by molar-refractivity contribution is 9.10. The maximum absolute atomic E-state index is 9.92. The van der Waals surface area contributed by atoms with Crippen molar-refractivity contribution in [1.82, 2.24) is 0 Å². The fraction of sp³-hybridized carbons (Fsp3) is 0. The second kappa shape index (κ2) is 8.29. The molecule has 0 bridgehead atoms. The van der Waals surface area contributed by atoms with Crippen LogP contribution < -0.4 is 0 Å². The van der Waals surface area contributed by atoms with Gasteiger partial charge in [-0.3, -0.25) is 9.98 Å². The summed E-state index contributed by atoms with van der Waals surface area (Å²) in [7, 11) is 0. The highest BCUT2D eigenvalue weighted by Gasteiger charge is 2.02. The Bertz CT molecular complexity index is 920. The lowest BCUT2D eigenvalue weighted by Gasteiger charge is -2.03. The number of aromatic hydroxyl groups is 2. The topological polar surface area (TPSA) is 65.2 Å². The molecule has 6 heteroatoms. The fourth-order valence-corrected chi connectivity index (χ4v) is 2.98. The fourth-order valence-electron chi connectivity index (χ4n) is 2.22. The van der Waals surface area contributed by atoms with Gasteiger partial charge in [-0.15, -0.1) is 0 Å². The Hall–Kier alpha value is -2.44. The molecule has 4 nitrogen and oxygen atoms in total. The summed E-state index contributed by atoms with van der Waals surface area (Å²) in [4.78, 5) is 8.88. The van der Waals surface area contributed by atoms with Crippen LogP contribution in [-0.4, -0.2) is 22.6 Å². The molecule has 0 aromatic heterocycles. The SMILES string of the molecule is Oc1ccc(Br)cc1C=Nc1ccccc1N=Cc1cc(Br)ccc1O. The number of aliphatic imine (C=N–C) groups is 2. The van der Waals surface area contributed by atoms with Gasteiger partial charge >= 0.3 is 0 Å². The molecule has 0 unspecified atom stereocenters. The molecule has 0 saturated carbocycles. The molecule has 0 spiro atoms. The van der Waals surface area contributed by atoms with E-state index in [1.165, 1.54) is 0 Å².